The van der Waals surface area contributed by atoms with E-state index in [0.717, 1.165) is 25.6 Å². The second-order valence-corrected chi connectivity index (χ2v) is 5.27. The zero-order valence-corrected chi connectivity index (χ0v) is 10.4. The van der Waals surface area contributed by atoms with Crippen molar-refractivity contribution in [3.63, 3.8) is 0 Å². The summed E-state index contributed by atoms with van der Waals surface area (Å²) in [5, 5.41) is 0. The molecule has 0 aromatic rings. The van der Waals surface area contributed by atoms with Crippen molar-refractivity contribution in [3.8, 4) is 0 Å². The highest BCUT2D eigenvalue weighted by atomic mass is 16.7. The number of rotatable bonds is 4. The molecular weight excluding hydrogens is 202 g/mol. The van der Waals surface area contributed by atoms with Crippen molar-refractivity contribution in [3.05, 3.63) is 0 Å². The molecule has 1 heterocycles. The molecule has 2 aliphatic rings. The Morgan fingerprint density at radius 3 is 2.69 bits per heavy atom. The highest BCUT2D eigenvalue weighted by Gasteiger charge is 2.28. The van der Waals surface area contributed by atoms with Crippen LogP contribution >= 0.6 is 0 Å². The summed E-state index contributed by atoms with van der Waals surface area (Å²) in [6.45, 7) is 3.76. The Bertz CT molecular complexity index is 204. The second-order valence-electron chi connectivity index (χ2n) is 5.27. The van der Waals surface area contributed by atoms with Gasteiger partial charge in [-0.2, -0.15) is 0 Å². The van der Waals surface area contributed by atoms with Crippen molar-refractivity contribution in [1.82, 2.24) is 0 Å². The van der Waals surface area contributed by atoms with Crippen LogP contribution in [0, 0.1) is 11.8 Å². The minimum Gasteiger partial charge on any atom is -0.350 e. The number of hydrogen-bond donors (Lipinski definition) is 1. The molecular formula is C13H25NO2. The van der Waals surface area contributed by atoms with E-state index >= 15 is 0 Å². The number of ether oxygens (including phenoxy) is 2. The third-order valence-electron chi connectivity index (χ3n) is 4.16. The summed E-state index contributed by atoms with van der Waals surface area (Å²) in [5.74, 6) is 1.58. The first-order chi connectivity index (χ1) is 7.79. The van der Waals surface area contributed by atoms with E-state index in [1.807, 2.05) is 0 Å². The molecule has 0 aromatic heterocycles. The van der Waals surface area contributed by atoms with Crippen LogP contribution < -0.4 is 5.73 Å². The molecule has 0 spiro atoms. The van der Waals surface area contributed by atoms with Gasteiger partial charge in [-0.3, -0.25) is 0 Å². The Morgan fingerprint density at radius 1 is 1.25 bits per heavy atom. The first-order valence-electron chi connectivity index (χ1n) is 6.78. The van der Waals surface area contributed by atoms with E-state index in [-0.39, 0.29) is 12.3 Å². The van der Waals surface area contributed by atoms with Crippen molar-refractivity contribution in [2.45, 2.75) is 57.8 Å². The van der Waals surface area contributed by atoms with Gasteiger partial charge in [0.1, 0.15) is 0 Å². The SMILES string of the molecule is CCC1CCCC(C(N)CC2OCCO2)C1. The van der Waals surface area contributed by atoms with E-state index in [0.29, 0.717) is 5.92 Å². The second kappa shape index (κ2) is 5.99. The predicted molar refractivity (Wildman–Crippen MR) is 64.0 cm³/mol. The van der Waals surface area contributed by atoms with Gasteiger partial charge in [0.15, 0.2) is 6.29 Å². The fourth-order valence-corrected chi connectivity index (χ4v) is 3.05. The lowest BCUT2D eigenvalue weighted by atomic mass is 9.76. The van der Waals surface area contributed by atoms with E-state index in [1.165, 1.54) is 32.1 Å². The molecule has 0 amide bonds. The molecule has 1 saturated carbocycles. The molecule has 1 aliphatic carbocycles. The van der Waals surface area contributed by atoms with Crippen LogP contribution in [0.15, 0.2) is 0 Å². The quantitative estimate of drug-likeness (QED) is 0.801. The molecule has 3 unspecified atom stereocenters. The maximum atomic E-state index is 6.29. The van der Waals surface area contributed by atoms with E-state index in [2.05, 4.69) is 6.92 Å². The lowest BCUT2D eigenvalue weighted by Gasteiger charge is -2.33. The fraction of sp³-hybridized carbons (Fsp3) is 1.00. The molecule has 0 aromatic carbocycles. The average Bonchev–Trinajstić information content (AvgIpc) is 2.82. The maximum Gasteiger partial charge on any atom is 0.159 e. The zero-order chi connectivity index (χ0) is 11.4. The summed E-state index contributed by atoms with van der Waals surface area (Å²) in [7, 11) is 0. The zero-order valence-electron chi connectivity index (χ0n) is 10.4. The summed E-state index contributed by atoms with van der Waals surface area (Å²) in [6.07, 6.45) is 7.51. The molecule has 1 aliphatic heterocycles. The minimum absolute atomic E-state index is 0.0306. The van der Waals surface area contributed by atoms with E-state index in [4.69, 9.17) is 15.2 Å². The highest BCUT2D eigenvalue weighted by molar-refractivity contribution is 4.81. The van der Waals surface area contributed by atoms with Gasteiger partial charge in [0, 0.05) is 12.5 Å². The van der Waals surface area contributed by atoms with Crippen LogP contribution in [0.4, 0.5) is 0 Å². The lowest BCUT2D eigenvalue weighted by Crippen LogP contribution is -2.36. The Balaban J connectivity index is 1.76. The molecule has 0 bridgehead atoms. The molecule has 3 atom stereocenters. The van der Waals surface area contributed by atoms with Crippen LogP contribution in [0.1, 0.15) is 45.4 Å². The third-order valence-corrected chi connectivity index (χ3v) is 4.16. The van der Waals surface area contributed by atoms with Crippen molar-refractivity contribution in [2.24, 2.45) is 17.6 Å². The van der Waals surface area contributed by atoms with E-state index in [9.17, 15) is 0 Å². The van der Waals surface area contributed by atoms with Gasteiger partial charge in [0.05, 0.1) is 13.2 Å². The van der Waals surface area contributed by atoms with Crippen molar-refractivity contribution in [1.29, 1.82) is 0 Å². The molecule has 0 radical (unpaired) electrons. The molecule has 94 valence electrons. The van der Waals surface area contributed by atoms with Gasteiger partial charge in [-0.1, -0.05) is 26.2 Å². The molecule has 2 fully saturated rings. The minimum atomic E-state index is -0.0306. The Hall–Kier alpha value is -0.120. The molecule has 3 heteroatoms. The largest absolute Gasteiger partial charge is 0.350 e. The summed E-state index contributed by atoms with van der Waals surface area (Å²) in [5.41, 5.74) is 6.29. The van der Waals surface area contributed by atoms with E-state index in [1.54, 1.807) is 0 Å². The van der Waals surface area contributed by atoms with Gasteiger partial charge in [0.25, 0.3) is 0 Å². The smallest absolute Gasteiger partial charge is 0.159 e. The summed E-state index contributed by atoms with van der Waals surface area (Å²) in [6, 6.07) is 0.262. The molecule has 2 N–H and O–H groups in total. The first-order valence-corrected chi connectivity index (χ1v) is 6.78. The molecule has 16 heavy (non-hydrogen) atoms. The van der Waals surface area contributed by atoms with Gasteiger partial charge >= 0.3 is 0 Å². The van der Waals surface area contributed by atoms with Crippen LogP contribution in [0.2, 0.25) is 0 Å². The van der Waals surface area contributed by atoms with Crippen molar-refractivity contribution >= 4 is 0 Å². The highest BCUT2D eigenvalue weighted by Crippen LogP contribution is 2.33. The maximum absolute atomic E-state index is 6.29. The lowest BCUT2D eigenvalue weighted by molar-refractivity contribution is -0.0553. The predicted octanol–water partition coefficient (Wildman–Crippen LogP) is 2.29. The van der Waals surface area contributed by atoms with Crippen LogP contribution in [0.3, 0.4) is 0 Å². The molecule has 2 rings (SSSR count). The van der Waals surface area contributed by atoms with Crippen LogP contribution in [-0.2, 0) is 9.47 Å². The number of hydrogen-bond acceptors (Lipinski definition) is 3. The van der Waals surface area contributed by atoms with Crippen LogP contribution in [0.25, 0.3) is 0 Å². The van der Waals surface area contributed by atoms with Crippen molar-refractivity contribution in [2.75, 3.05) is 13.2 Å². The fourth-order valence-electron chi connectivity index (χ4n) is 3.05. The first kappa shape index (κ1) is 12.3. The van der Waals surface area contributed by atoms with Gasteiger partial charge in [-0.25, -0.2) is 0 Å². The average molecular weight is 227 g/mol. The van der Waals surface area contributed by atoms with Gasteiger partial charge in [-0.15, -0.1) is 0 Å². The van der Waals surface area contributed by atoms with Gasteiger partial charge < -0.3 is 15.2 Å². The normalized spacial score (nSPS) is 34.1. The van der Waals surface area contributed by atoms with Gasteiger partial charge in [-0.05, 0) is 24.7 Å². The van der Waals surface area contributed by atoms with E-state index < -0.39 is 0 Å². The summed E-state index contributed by atoms with van der Waals surface area (Å²) in [4.78, 5) is 0. The van der Waals surface area contributed by atoms with Crippen molar-refractivity contribution < 1.29 is 9.47 Å². The Labute approximate surface area is 98.7 Å². The third kappa shape index (κ3) is 3.19. The number of nitrogens with two attached hydrogens (primary N) is 1. The topological polar surface area (TPSA) is 44.5 Å². The molecule has 1 saturated heterocycles. The summed E-state index contributed by atoms with van der Waals surface area (Å²) < 4.78 is 10.9. The van der Waals surface area contributed by atoms with Gasteiger partial charge in [0.2, 0.25) is 0 Å². The van der Waals surface area contributed by atoms with Crippen LogP contribution in [-0.4, -0.2) is 25.5 Å². The Kier molecular flexibility index (Phi) is 4.62. The van der Waals surface area contributed by atoms with Crippen LogP contribution in [0.5, 0.6) is 0 Å². The standard InChI is InChI=1S/C13H25NO2/c1-2-10-4-3-5-11(8-10)12(14)9-13-15-6-7-16-13/h10-13H,2-9,14H2,1H3. The Morgan fingerprint density at radius 2 is 2.00 bits per heavy atom. The monoisotopic (exact) mass is 227 g/mol. The molecule has 3 nitrogen and oxygen atoms in total. The summed E-state index contributed by atoms with van der Waals surface area (Å²) >= 11 is 0.